The number of alkyl halides is 3. The molecule has 3 heterocycles. The maximum absolute atomic E-state index is 12.9. The van der Waals surface area contributed by atoms with Crippen molar-refractivity contribution in [2.45, 2.75) is 31.5 Å². The van der Waals surface area contributed by atoms with Gasteiger partial charge in [0.05, 0.1) is 11.8 Å². The zero-order chi connectivity index (χ0) is 22.0. The van der Waals surface area contributed by atoms with Crippen LogP contribution in [0.3, 0.4) is 0 Å². The van der Waals surface area contributed by atoms with Gasteiger partial charge in [-0.25, -0.2) is 4.98 Å². The van der Waals surface area contributed by atoms with E-state index in [4.69, 9.17) is 4.42 Å². The fraction of sp³-hybridized carbons (Fsp3) is 0.286. The Morgan fingerprint density at radius 1 is 1.26 bits per heavy atom. The lowest BCUT2D eigenvalue weighted by Crippen LogP contribution is -2.43. The number of furan rings is 1. The van der Waals surface area contributed by atoms with Gasteiger partial charge in [-0.05, 0) is 36.6 Å². The Labute approximate surface area is 179 Å². The lowest BCUT2D eigenvalue weighted by molar-refractivity contribution is -0.137. The molecule has 1 atom stereocenters. The highest BCUT2D eigenvalue weighted by Gasteiger charge is 2.36. The Morgan fingerprint density at radius 3 is 2.84 bits per heavy atom. The van der Waals surface area contributed by atoms with Gasteiger partial charge in [0.2, 0.25) is 5.91 Å². The number of hydrogen-bond donors (Lipinski definition) is 1. The van der Waals surface area contributed by atoms with Crippen molar-refractivity contribution in [3.63, 3.8) is 0 Å². The Morgan fingerprint density at radius 2 is 2.10 bits per heavy atom. The van der Waals surface area contributed by atoms with E-state index < -0.39 is 17.8 Å². The number of nitrogens with one attached hydrogen (secondary N) is 1. The maximum atomic E-state index is 12.9. The van der Waals surface area contributed by atoms with Crippen LogP contribution in [0.4, 0.5) is 18.3 Å². The van der Waals surface area contributed by atoms with Gasteiger partial charge in [-0.3, -0.25) is 9.59 Å². The van der Waals surface area contributed by atoms with Crippen molar-refractivity contribution in [3.05, 3.63) is 70.6 Å². The van der Waals surface area contributed by atoms with Crippen molar-refractivity contribution >= 4 is 28.3 Å². The van der Waals surface area contributed by atoms with Gasteiger partial charge in [0.25, 0.3) is 5.91 Å². The molecule has 0 saturated carbocycles. The summed E-state index contributed by atoms with van der Waals surface area (Å²) in [6, 6.07) is 7.65. The number of amides is 2. The number of halogens is 3. The standard InChI is InChI=1S/C21H18F3N3O3S/c22-21(23,24)14-5-1-4-13(10-14)11-15-12-25-20(31-15)26-18(28)16-6-2-8-27(16)19(29)17-7-3-9-30-17/h1,3-5,7,9-10,12,16H,2,6,8,11H2,(H,25,26,28). The van der Waals surface area contributed by atoms with Crippen LogP contribution in [0.25, 0.3) is 0 Å². The zero-order valence-electron chi connectivity index (χ0n) is 16.2. The maximum Gasteiger partial charge on any atom is 0.416 e. The van der Waals surface area contributed by atoms with E-state index in [0.29, 0.717) is 35.0 Å². The molecular weight excluding hydrogens is 431 g/mol. The second-order valence-electron chi connectivity index (χ2n) is 7.13. The van der Waals surface area contributed by atoms with Crippen LogP contribution in [-0.2, 0) is 17.4 Å². The third kappa shape index (κ3) is 4.79. The van der Waals surface area contributed by atoms with Crippen molar-refractivity contribution in [2.75, 3.05) is 11.9 Å². The van der Waals surface area contributed by atoms with Gasteiger partial charge < -0.3 is 14.6 Å². The van der Waals surface area contributed by atoms with Crippen molar-refractivity contribution in [2.24, 2.45) is 0 Å². The van der Waals surface area contributed by atoms with Gasteiger partial charge in [-0.15, -0.1) is 11.3 Å². The average Bonchev–Trinajstić information content (AvgIpc) is 3.49. The summed E-state index contributed by atoms with van der Waals surface area (Å²) in [7, 11) is 0. The van der Waals surface area contributed by atoms with Gasteiger partial charge in [0.1, 0.15) is 6.04 Å². The Balaban J connectivity index is 1.41. The molecule has 0 aliphatic carbocycles. The van der Waals surface area contributed by atoms with Crippen molar-refractivity contribution in [1.82, 2.24) is 9.88 Å². The molecule has 1 unspecified atom stereocenters. The molecule has 1 fully saturated rings. The summed E-state index contributed by atoms with van der Waals surface area (Å²) in [4.78, 5) is 31.6. The molecule has 2 amide bonds. The number of carbonyl (C=O) groups excluding carboxylic acids is 2. The second-order valence-corrected chi connectivity index (χ2v) is 8.24. The molecule has 0 bridgehead atoms. The van der Waals surface area contributed by atoms with Crippen LogP contribution in [0.2, 0.25) is 0 Å². The largest absolute Gasteiger partial charge is 0.459 e. The summed E-state index contributed by atoms with van der Waals surface area (Å²) in [6.45, 7) is 0.455. The predicted molar refractivity (Wildman–Crippen MR) is 108 cm³/mol. The zero-order valence-corrected chi connectivity index (χ0v) is 17.0. The summed E-state index contributed by atoms with van der Waals surface area (Å²) in [6.07, 6.45) is 0.0257. The highest BCUT2D eigenvalue weighted by atomic mass is 32.1. The molecular formula is C21H18F3N3O3S. The normalized spacial score (nSPS) is 16.5. The molecule has 10 heteroatoms. The monoisotopic (exact) mass is 449 g/mol. The number of benzene rings is 1. The number of carbonyl (C=O) groups is 2. The van der Waals surface area contributed by atoms with Gasteiger partial charge in [0, 0.05) is 24.0 Å². The molecule has 6 nitrogen and oxygen atoms in total. The molecule has 0 spiro atoms. The van der Waals surface area contributed by atoms with Gasteiger partial charge in [-0.1, -0.05) is 18.2 Å². The van der Waals surface area contributed by atoms with Crippen LogP contribution in [0.1, 0.15) is 39.4 Å². The SMILES string of the molecule is O=C(Nc1ncc(Cc2cccc(C(F)(F)F)c2)s1)C1CCCN1C(=O)c1ccco1. The minimum absolute atomic E-state index is 0.178. The minimum Gasteiger partial charge on any atom is -0.459 e. The molecule has 2 aromatic heterocycles. The highest BCUT2D eigenvalue weighted by Crippen LogP contribution is 2.31. The van der Waals surface area contributed by atoms with Gasteiger partial charge in [0.15, 0.2) is 10.9 Å². The average molecular weight is 449 g/mol. The fourth-order valence-corrected chi connectivity index (χ4v) is 4.37. The highest BCUT2D eigenvalue weighted by molar-refractivity contribution is 7.15. The summed E-state index contributed by atoms with van der Waals surface area (Å²) < 4.78 is 43.8. The summed E-state index contributed by atoms with van der Waals surface area (Å²) in [5, 5.41) is 3.06. The van der Waals surface area contributed by atoms with Gasteiger partial charge >= 0.3 is 6.18 Å². The first-order valence-corrected chi connectivity index (χ1v) is 10.4. The van der Waals surface area contributed by atoms with Crippen LogP contribution in [0.15, 0.2) is 53.3 Å². The fourth-order valence-electron chi connectivity index (χ4n) is 3.52. The lowest BCUT2D eigenvalue weighted by Gasteiger charge is -2.22. The molecule has 1 N–H and O–H groups in total. The van der Waals surface area contributed by atoms with E-state index in [-0.39, 0.29) is 24.0 Å². The molecule has 1 saturated heterocycles. The van der Waals surface area contributed by atoms with Crippen LogP contribution >= 0.6 is 11.3 Å². The number of likely N-dealkylation sites (tertiary alicyclic amines) is 1. The van der Waals surface area contributed by atoms with E-state index in [9.17, 15) is 22.8 Å². The molecule has 4 rings (SSSR count). The number of anilines is 1. The van der Waals surface area contributed by atoms with Crippen LogP contribution < -0.4 is 5.32 Å². The van der Waals surface area contributed by atoms with E-state index in [1.54, 1.807) is 18.2 Å². The van der Waals surface area contributed by atoms with E-state index >= 15 is 0 Å². The quantitative estimate of drug-likeness (QED) is 0.618. The molecule has 31 heavy (non-hydrogen) atoms. The number of nitrogens with zero attached hydrogens (tertiary/aromatic N) is 2. The van der Waals surface area contributed by atoms with Crippen molar-refractivity contribution in [1.29, 1.82) is 0 Å². The Bertz CT molecular complexity index is 1080. The first kappa shape index (κ1) is 21.1. The van der Waals surface area contributed by atoms with E-state index in [1.807, 2.05) is 0 Å². The smallest absolute Gasteiger partial charge is 0.416 e. The molecule has 1 aliphatic heterocycles. The predicted octanol–water partition coefficient (Wildman–Crippen LogP) is 4.59. The van der Waals surface area contributed by atoms with E-state index in [2.05, 4.69) is 10.3 Å². The molecule has 0 radical (unpaired) electrons. The van der Waals surface area contributed by atoms with Crippen LogP contribution in [-0.4, -0.2) is 34.3 Å². The first-order valence-electron chi connectivity index (χ1n) is 9.57. The number of thiazole rings is 1. The summed E-state index contributed by atoms with van der Waals surface area (Å²) >= 11 is 1.19. The number of rotatable bonds is 5. The Kier molecular flexibility index (Phi) is 5.81. The molecule has 3 aromatic rings. The molecule has 162 valence electrons. The van der Waals surface area contributed by atoms with Crippen molar-refractivity contribution in [3.8, 4) is 0 Å². The molecule has 1 aromatic carbocycles. The van der Waals surface area contributed by atoms with Crippen LogP contribution in [0.5, 0.6) is 0 Å². The van der Waals surface area contributed by atoms with Crippen molar-refractivity contribution < 1.29 is 27.2 Å². The number of aromatic nitrogens is 1. The lowest BCUT2D eigenvalue weighted by atomic mass is 10.1. The summed E-state index contributed by atoms with van der Waals surface area (Å²) in [5.41, 5.74) is -0.201. The Hall–Kier alpha value is -3.14. The van der Waals surface area contributed by atoms with E-state index in [0.717, 1.165) is 12.1 Å². The third-order valence-corrected chi connectivity index (χ3v) is 5.88. The second kappa shape index (κ2) is 8.54. The first-order chi connectivity index (χ1) is 14.8. The molecule has 1 aliphatic rings. The van der Waals surface area contributed by atoms with Crippen LogP contribution in [0, 0.1) is 0 Å². The minimum atomic E-state index is -4.40. The summed E-state index contributed by atoms with van der Waals surface area (Å²) in [5.74, 6) is -0.512. The number of hydrogen-bond acceptors (Lipinski definition) is 5. The van der Waals surface area contributed by atoms with Gasteiger partial charge in [-0.2, -0.15) is 13.2 Å². The third-order valence-electron chi connectivity index (χ3n) is 4.96. The van der Waals surface area contributed by atoms with E-state index in [1.165, 1.54) is 34.8 Å². The topological polar surface area (TPSA) is 75.4 Å².